The van der Waals surface area contributed by atoms with Crippen molar-refractivity contribution in [3.63, 3.8) is 0 Å². The lowest BCUT2D eigenvalue weighted by molar-refractivity contribution is -0.0311. The number of piperazine rings is 1. The zero-order chi connectivity index (χ0) is 19.8. The summed E-state index contributed by atoms with van der Waals surface area (Å²) in [7, 11) is 0. The Labute approximate surface area is 166 Å². The molecule has 0 saturated carbocycles. The second-order valence-electron chi connectivity index (χ2n) is 7.13. The molecule has 7 nitrogen and oxygen atoms in total. The van der Waals surface area contributed by atoms with Gasteiger partial charge in [0, 0.05) is 13.1 Å². The van der Waals surface area contributed by atoms with E-state index in [2.05, 4.69) is 4.98 Å². The third-order valence-corrected chi connectivity index (χ3v) is 5.14. The van der Waals surface area contributed by atoms with Crippen molar-refractivity contribution in [3.05, 3.63) is 27.0 Å². The number of amides is 2. The van der Waals surface area contributed by atoms with Crippen molar-refractivity contribution in [3.8, 4) is 0 Å². The van der Waals surface area contributed by atoms with E-state index in [1.165, 1.54) is 15.9 Å². The number of rotatable bonds is 2. The van der Waals surface area contributed by atoms with Crippen LogP contribution in [0.5, 0.6) is 0 Å². The van der Waals surface area contributed by atoms with Gasteiger partial charge in [-0.1, -0.05) is 55.6 Å². The molecular formula is C16H20Cl3N3O4. The van der Waals surface area contributed by atoms with Gasteiger partial charge < -0.3 is 20.0 Å². The van der Waals surface area contributed by atoms with Crippen LogP contribution in [0.1, 0.15) is 31.1 Å². The van der Waals surface area contributed by atoms with Crippen LogP contribution < -0.4 is 0 Å². The highest BCUT2D eigenvalue weighted by atomic mass is 35.5. The van der Waals surface area contributed by atoms with Gasteiger partial charge in [0.1, 0.15) is 10.3 Å². The first-order valence-electron chi connectivity index (χ1n) is 7.92. The molecule has 1 aliphatic rings. The van der Waals surface area contributed by atoms with Gasteiger partial charge in [-0.05, 0) is 11.5 Å². The topological polar surface area (TPSA) is 94.0 Å². The first-order valence-corrected chi connectivity index (χ1v) is 9.05. The summed E-state index contributed by atoms with van der Waals surface area (Å²) < 4.78 is 0. The molecule has 10 heteroatoms. The van der Waals surface area contributed by atoms with Crippen LogP contribution in [0, 0.1) is 5.41 Å². The highest BCUT2D eigenvalue weighted by Gasteiger charge is 2.46. The van der Waals surface area contributed by atoms with Crippen LogP contribution in [0.2, 0.25) is 15.3 Å². The van der Waals surface area contributed by atoms with Crippen molar-refractivity contribution in [2.45, 2.75) is 32.9 Å². The molecule has 26 heavy (non-hydrogen) atoms. The van der Waals surface area contributed by atoms with Gasteiger partial charge in [0.2, 0.25) is 0 Å². The van der Waals surface area contributed by atoms with Gasteiger partial charge in [0.15, 0.2) is 0 Å². The fraction of sp³-hybridized carbons (Fsp3) is 0.562. The van der Waals surface area contributed by atoms with Crippen molar-refractivity contribution in [1.82, 2.24) is 14.8 Å². The van der Waals surface area contributed by atoms with Crippen LogP contribution in [-0.2, 0) is 0 Å². The first kappa shape index (κ1) is 21.0. The standard InChI is InChI=1S/C16H20Cl3N3O4/c1-16(2,3)12-9(7-23)21(4-5-22(12)15(25)26)14(24)11-8(17)6-10(18)20-13(11)19/h6,9,12,23H,4-5,7H2,1-3H3,(H,25,26). The molecule has 2 unspecified atom stereocenters. The Morgan fingerprint density at radius 1 is 1.23 bits per heavy atom. The maximum atomic E-state index is 13.1. The summed E-state index contributed by atoms with van der Waals surface area (Å²) in [6, 6.07) is -0.0547. The fourth-order valence-corrected chi connectivity index (χ4v) is 4.29. The number of aliphatic hydroxyl groups excluding tert-OH is 1. The fourth-order valence-electron chi connectivity index (χ4n) is 3.40. The van der Waals surface area contributed by atoms with Gasteiger partial charge in [-0.3, -0.25) is 4.79 Å². The molecular weight excluding hydrogens is 405 g/mol. The third kappa shape index (κ3) is 4.01. The number of pyridine rings is 1. The minimum atomic E-state index is -1.10. The summed E-state index contributed by atoms with van der Waals surface area (Å²) in [6.07, 6.45) is -1.10. The van der Waals surface area contributed by atoms with E-state index >= 15 is 0 Å². The molecule has 0 bridgehead atoms. The van der Waals surface area contributed by atoms with E-state index in [1.807, 2.05) is 20.8 Å². The Kier molecular flexibility index (Phi) is 6.28. The van der Waals surface area contributed by atoms with Crippen LogP contribution in [0.15, 0.2) is 6.07 Å². The summed E-state index contributed by atoms with van der Waals surface area (Å²) in [6.45, 7) is 5.36. The average Bonchev–Trinajstić information content (AvgIpc) is 2.51. The van der Waals surface area contributed by atoms with Crippen LogP contribution >= 0.6 is 34.8 Å². The Morgan fingerprint density at radius 2 is 1.81 bits per heavy atom. The minimum absolute atomic E-state index is 0.0207. The van der Waals surface area contributed by atoms with E-state index in [4.69, 9.17) is 34.8 Å². The number of aliphatic hydroxyl groups is 1. The minimum Gasteiger partial charge on any atom is -0.465 e. The molecule has 0 aromatic carbocycles. The van der Waals surface area contributed by atoms with Crippen LogP contribution in [0.3, 0.4) is 0 Å². The zero-order valence-corrected chi connectivity index (χ0v) is 16.8. The third-order valence-electron chi connectivity index (χ3n) is 4.37. The number of carboxylic acid groups (broad SMARTS) is 1. The van der Waals surface area contributed by atoms with Gasteiger partial charge in [0.05, 0.1) is 29.3 Å². The quantitative estimate of drug-likeness (QED) is 0.711. The number of carbonyl (C=O) groups excluding carboxylic acids is 1. The molecule has 2 heterocycles. The second kappa shape index (κ2) is 7.76. The van der Waals surface area contributed by atoms with Crippen molar-refractivity contribution in [1.29, 1.82) is 0 Å². The molecule has 1 fully saturated rings. The predicted molar refractivity (Wildman–Crippen MR) is 99.2 cm³/mol. The monoisotopic (exact) mass is 423 g/mol. The normalized spacial score (nSPS) is 21.0. The van der Waals surface area contributed by atoms with Gasteiger partial charge in [-0.15, -0.1) is 0 Å². The van der Waals surface area contributed by atoms with Crippen LogP contribution in [0.25, 0.3) is 0 Å². The maximum Gasteiger partial charge on any atom is 0.407 e. The van der Waals surface area contributed by atoms with Gasteiger partial charge in [-0.25, -0.2) is 9.78 Å². The second-order valence-corrected chi connectivity index (χ2v) is 8.28. The number of aromatic nitrogens is 1. The summed E-state index contributed by atoms with van der Waals surface area (Å²) in [5.74, 6) is -0.525. The lowest BCUT2D eigenvalue weighted by Gasteiger charge is -2.51. The summed E-state index contributed by atoms with van der Waals surface area (Å²) >= 11 is 18.0. The molecule has 2 N–H and O–H groups in total. The molecule has 144 valence electrons. The average molecular weight is 425 g/mol. The number of halogens is 3. The largest absolute Gasteiger partial charge is 0.465 e. The van der Waals surface area contributed by atoms with Crippen molar-refractivity contribution in [2.75, 3.05) is 19.7 Å². The Balaban J connectivity index is 2.47. The Morgan fingerprint density at radius 3 is 2.27 bits per heavy atom. The van der Waals surface area contributed by atoms with Gasteiger partial charge in [0.25, 0.3) is 5.91 Å². The molecule has 0 radical (unpaired) electrons. The molecule has 0 spiro atoms. The number of hydrogen-bond donors (Lipinski definition) is 2. The van der Waals surface area contributed by atoms with E-state index < -0.39 is 36.1 Å². The molecule has 2 amide bonds. The molecule has 1 aromatic rings. The lowest BCUT2D eigenvalue weighted by Crippen LogP contribution is -2.67. The molecule has 2 atom stereocenters. The van der Waals surface area contributed by atoms with Crippen LogP contribution in [-0.4, -0.2) is 68.8 Å². The van der Waals surface area contributed by atoms with Crippen LogP contribution in [0.4, 0.5) is 4.79 Å². The highest BCUT2D eigenvalue weighted by molar-refractivity contribution is 6.40. The van der Waals surface area contributed by atoms with E-state index in [1.54, 1.807) is 0 Å². The molecule has 0 aliphatic carbocycles. The van der Waals surface area contributed by atoms with E-state index in [9.17, 15) is 19.8 Å². The van der Waals surface area contributed by atoms with Gasteiger partial charge >= 0.3 is 6.09 Å². The first-order chi connectivity index (χ1) is 12.0. The van der Waals surface area contributed by atoms with Crippen molar-refractivity contribution in [2.24, 2.45) is 5.41 Å². The van der Waals surface area contributed by atoms with E-state index in [0.29, 0.717) is 0 Å². The zero-order valence-electron chi connectivity index (χ0n) is 14.5. The number of hydrogen-bond acceptors (Lipinski definition) is 4. The van der Waals surface area contributed by atoms with Crippen molar-refractivity contribution >= 4 is 46.8 Å². The molecule has 1 saturated heterocycles. The van der Waals surface area contributed by atoms with E-state index in [-0.39, 0.29) is 34.0 Å². The predicted octanol–water partition coefficient (Wildman–Crippen LogP) is 3.25. The maximum absolute atomic E-state index is 13.1. The van der Waals surface area contributed by atoms with E-state index in [0.717, 1.165) is 0 Å². The van der Waals surface area contributed by atoms with Gasteiger partial charge in [-0.2, -0.15) is 0 Å². The molecule has 1 aromatic heterocycles. The number of nitrogens with zero attached hydrogens (tertiary/aromatic N) is 3. The lowest BCUT2D eigenvalue weighted by atomic mass is 9.79. The Bertz CT molecular complexity index is 700. The Hall–Kier alpha value is -1.28. The summed E-state index contributed by atoms with van der Waals surface area (Å²) in [4.78, 5) is 31.2. The molecule has 2 rings (SSSR count). The number of carbonyl (C=O) groups is 2. The highest BCUT2D eigenvalue weighted by Crippen LogP contribution is 2.35. The summed E-state index contributed by atoms with van der Waals surface area (Å²) in [5, 5.41) is 19.4. The SMILES string of the molecule is CC(C)(C)C1C(CO)N(C(=O)c2c(Cl)cc(Cl)nc2Cl)CCN1C(=O)O. The summed E-state index contributed by atoms with van der Waals surface area (Å²) in [5.41, 5.74) is -0.538. The smallest absolute Gasteiger partial charge is 0.407 e. The molecule has 1 aliphatic heterocycles. The van der Waals surface area contributed by atoms with Crippen molar-refractivity contribution < 1.29 is 19.8 Å².